The van der Waals surface area contributed by atoms with Crippen LogP contribution in [0, 0.1) is 6.92 Å². The third-order valence-electron chi connectivity index (χ3n) is 5.50. The highest BCUT2D eigenvalue weighted by atomic mass is 32.1. The van der Waals surface area contributed by atoms with E-state index >= 15 is 0 Å². The molecular formula is C23H25N5O3S. The monoisotopic (exact) mass is 451 g/mol. The van der Waals surface area contributed by atoms with Gasteiger partial charge in [0.2, 0.25) is 5.89 Å². The second-order valence-electron chi connectivity index (χ2n) is 7.82. The molecule has 3 aromatic rings. The Morgan fingerprint density at radius 1 is 1.22 bits per heavy atom. The van der Waals surface area contributed by atoms with E-state index in [1.807, 2.05) is 37.3 Å². The Bertz CT molecular complexity index is 1130. The Hall–Kier alpha value is -3.01. The van der Waals surface area contributed by atoms with Crippen LogP contribution in [0.15, 0.2) is 45.9 Å². The maximum Gasteiger partial charge on any atom is 0.256 e. The lowest BCUT2D eigenvalue weighted by Crippen LogP contribution is -2.39. The maximum atomic E-state index is 12.8. The molecule has 9 heteroatoms. The number of amidine groups is 1. The Morgan fingerprint density at radius 3 is 2.78 bits per heavy atom. The van der Waals surface area contributed by atoms with Crippen LogP contribution in [-0.4, -0.2) is 61.0 Å². The van der Waals surface area contributed by atoms with Crippen molar-refractivity contribution in [3.8, 4) is 10.8 Å². The molecule has 2 N–H and O–H groups in total. The number of anilines is 1. The van der Waals surface area contributed by atoms with E-state index < -0.39 is 0 Å². The summed E-state index contributed by atoms with van der Waals surface area (Å²) in [5, 5.41) is 6.37. The number of carbonyl (C=O) groups excluding carboxylic acids is 1. The molecule has 0 aliphatic carbocycles. The standard InChI is InChI=1S/C23H25N5O3S/c1-15-13-26-23(31-15)19-12-17-14-25-21(20(17)32-19)27-22(29)16-2-4-18(5-3-16)24-6-7-28-8-10-30-11-9-28/h2-5,12-13,24H,6-11,14H2,1H3,(H,25,27,29). The van der Waals surface area contributed by atoms with Crippen molar-refractivity contribution < 1.29 is 13.9 Å². The molecule has 1 amide bonds. The molecule has 32 heavy (non-hydrogen) atoms. The average molecular weight is 452 g/mol. The lowest BCUT2D eigenvalue weighted by atomic mass is 10.2. The molecule has 1 fully saturated rings. The van der Waals surface area contributed by atoms with Gasteiger partial charge in [-0.15, -0.1) is 11.3 Å². The van der Waals surface area contributed by atoms with E-state index in [9.17, 15) is 4.79 Å². The predicted octanol–water partition coefficient (Wildman–Crippen LogP) is 3.15. The first-order chi connectivity index (χ1) is 15.7. The zero-order chi connectivity index (χ0) is 21.9. The van der Waals surface area contributed by atoms with Gasteiger partial charge in [-0.2, -0.15) is 0 Å². The van der Waals surface area contributed by atoms with Gasteiger partial charge in [0.25, 0.3) is 5.91 Å². The first-order valence-electron chi connectivity index (χ1n) is 10.7. The van der Waals surface area contributed by atoms with Crippen molar-refractivity contribution in [2.24, 2.45) is 4.99 Å². The number of ether oxygens (including phenoxy) is 1. The van der Waals surface area contributed by atoms with Crippen LogP contribution >= 0.6 is 11.3 Å². The van der Waals surface area contributed by atoms with Gasteiger partial charge >= 0.3 is 0 Å². The molecule has 0 unspecified atom stereocenters. The van der Waals surface area contributed by atoms with Gasteiger partial charge in [0.1, 0.15) is 11.6 Å². The summed E-state index contributed by atoms with van der Waals surface area (Å²) >= 11 is 1.53. The second-order valence-corrected chi connectivity index (χ2v) is 8.87. The second kappa shape index (κ2) is 9.23. The normalized spacial score (nSPS) is 16.0. The van der Waals surface area contributed by atoms with Crippen molar-refractivity contribution in [2.75, 3.05) is 44.7 Å². The van der Waals surface area contributed by atoms with E-state index in [1.165, 1.54) is 11.3 Å². The Labute approximate surface area is 190 Å². The van der Waals surface area contributed by atoms with Gasteiger partial charge in [0.05, 0.1) is 35.7 Å². The van der Waals surface area contributed by atoms with Crippen molar-refractivity contribution in [3.05, 3.63) is 58.3 Å². The van der Waals surface area contributed by atoms with Crippen molar-refractivity contribution in [3.63, 3.8) is 0 Å². The quantitative estimate of drug-likeness (QED) is 0.598. The van der Waals surface area contributed by atoms with Crippen LogP contribution in [0.4, 0.5) is 5.69 Å². The van der Waals surface area contributed by atoms with Crippen LogP contribution in [-0.2, 0) is 11.3 Å². The maximum absolute atomic E-state index is 12.8. The number of fused-ring (bicyclic) bond motifs is 1. The Morgan fingerprint density at radius 2 is 2.03 bits per heavy atom. The number of nitrogens with one attached hydrogen (secondary N) is 2. The number of carbonyl (C=O) groups is 1. The number of thiophene rings is 1. The largest absolute Gasteiger partial charge is 0.441 e. The minimum absolute atomic E-state index is 0.168. The third kappa shape index (κ3) is 4.59. The molecule has 0 radical (unpaired) electrons. The first kappa shape index (κ1) is 20.9. The van der Waals surface area contributed by atoms with Crippen molar-refractivity contribution >= 4 is 28.8 Å². The molecule has 5 rings (SSSR count). The number of aryl methyl sites for hydroxylation is 1. The topological polar surface area (TPSA) is 92.0 Å². The molecule has 0 saturated carbocycles. The number of hydrogen-bond donors (Lipinski definition) is 2. The zero-order valence-electron chi connectivity index (χ0n) is 17.9. The van der Waals surface area contributed by atoms with E-state index in [-0.39, 0.29) is 5.91 Å². The fourth-order valence-corrected chi connectivity index (χ4v) is 4.82. The van der Waals surface area contributed by atoms with Crippen molar-refractivity contribution in [2.45, 2.75) is 13.5 Å². The lowest BCUT2D eigenvalue weighted by molar-refractivity contribution is 0.0398. The molecule has 2 aliphatic rings. The molecule has 1 aromatic carbocycles. The lowest BCUT2D eigenvalue weighted by Gasteiger charge is -2.26. The molecule has 2 aromatic heterocycles. The number of nitrogens with zero attached hydrogens (tertiary/aromatic N) is 3. The minimum Gasteiger partial charge on any atom is -0.441 e. The SMILES string of the molecule is Cc1cnc(-c2cc3c(s2)C(NC(=O)c2ccc(NCCN4CCOCC4)cc2)=NC3)o1. The first-order valence-corrected chi connectivity index (χ1v) is 11.5. The fourth-order valence-electron chi connectivity index (χ4n) is 3.76. The van der Waals surface area contributed by atoms with Crippen LogP contribution < -0.4 is 10.6 Å². The third-order valence-corrected chi connectivity index (χ3v) is 6.68. The van der Waals surface area contributed by atoms with E-state index in [2.05, 4.69) is 25.5 Å². The number of oxazole rings is 1. The van der Waals surface area contributed by atoms with Crippen LogP contribution in [0.3, 0.4) is 0 Å². The Kier molecular flexibility index (Phi) is 6.02. The van der Waals surface area contributed by atoms with E-state index in [1.54, 1.807) is 6.20 Å². The van der Waals surface area contributed by atoms with Crippen LogP contribution in [0.25, 0.3) is 10.8 Å². The summed E-state index contributed by atoms with van der Waals surface area (Å²) in [6, 6.07) is 9.57. The molecule has 1 saturated heterocycles. The van der Waals surface area contributed by atoms with Crippen LogP contribution in [0.5, 0.6) is 0 Å². The number of amides is 1. The smallest absolute Gasteiger partial charge is 0.256 e. The number of hydrogen-bond acceptors (Lipinski definition) is 8. The summed E-state index contributed by atoms with van der Waals surface area (Å²) in [7, 11) is 0. The van der Waals surface area contributed by atoms with Crippen LogP contribution in [0.2, 0.25) is 0 Å². The summed E-state index contributed by atoms with van der Waals surface area (Å²) in [6.07, 6.45) is 1.71. The summed E-state index contributed by atoms with van der Waals surface area (Å²) in [4.78, 5) is 25.8. The molecule has 0 atom stereocenters. The van der Waals surface area contributed by atoms with Gasteiger partial charge in [-0.3, -0.25) is 14.7 Å². The van der Waals surface area contributed by atoms with Crippen molar-refractivity contribution in [1.82, 2.24) is 15.2 Å². The van der Waals surface area contributed by atoms with Gasteiger partial charge in [-0.1, -0.05) is 0 Å². The molecule has 0 bridgehead atoms. The van der Waals surface area contributed by atoms with Gasteiger partial charge in [0.15, 0.2) is 0 Å². The zero-order valence-corrected chi connectivity index (χ0v) is 18.7. The summed E-state index contributed by atoms with van der Waals surface area (Å²) in [6.45, 7) is 7.83. The molecule has 2 aliphatic heterocycles. The van der Waals surface area contributed by atoms with Gasteiger partial charge in [-0.25, -0.2) is 4.98 Å². The molecule has 8 nitrogen and oxygen atoms in total. The molecule has 0 spiro atoms. The summed E-state index contributed by atoms with van der Waals surface area (Å²) in [5.74, 6) is 1.81. The predicted molar refractivity (Wildman–Crippen MR) is 124 cm³/mol. The number of benzene rings is 1. The average Bonchev–Trinajstić information content (AvgIpc) is 3.52. The van der Waals surface area contributed by atoms with E-state index in [0.29, 0.717) is 23.8 Å². The molecule has 4 heterocycles. The fraction of sp³-hybridized carbons (Fsp3) is 0.348. The number of aliphatic imine (C=N–C) groups is 1. The highest BCUT2D eigenvalue weighted by Gasteiger charge is 2.23. The highest BCUT2D eigenvalue weighted by Crippen LogP contribution is 2.34. The number of rotatable bonds is 6. The summed E-state index contributed by atoms with van der Waals surface area (Å²) < 4.78 is 11.0. The minimum atomic E-state index is -0.168. The van der Waals surface area contributed by atoms with Crippen LogP contribution in [0.1, 0.15) is 26.6 Å². The number of morpholine rings is 1. The van der Waals surface area contributed by atoms with Gasteiger partial charge in [0, 0.05) is 37.4 Å². The number of aromatic nitrogens is 1. The summed E-state index contributed by atoms with van der Waals surface area (Å²) in [5.41, 5.74) is 2.68. The van der Waals surface area contributed by atoms with Gasteiger partial charge in [-0.05, 0) is 42.8 Å². The van der Waals surface area contributed by atoms with E-state index in [4.69, 9.17) is 9.15 Å². The van der Waals surface area contributed by atoms with Gasteiger partial charge < -0.3 is 19.8 Å². The highest BCUT2D eigenvalue weighted by molar-refractivity contribution is 7.17. The van der Waals surface area contributed by atoms with E-state index in [0.717, 1.165) is 66.2 Å². The molecular weight excluding hydrogens is 426 g/mol. The Balaban J connectivity index is 1.17. The van der Waals surface area contributed by atoms with Crippen molar-refractivity contribution in [1.29, 1.82) is 0 Å². The molecule has 166 valence electrons.